The molecule has 0 aromatic heterocycles. The highest BCUT2D eigenvalue weighted by Gasteiger charge is 2.45. The number of hydrogen-bond donors (Lipinski definition) is 0. The summed E-state index contributed by atoms with van der Waals surface area (Å²) < 4.78 is 44.3. The maximum atomic E-state index is 13.7. The predicted molar refractivity (Wildman–Crippen MR) is 135 cm³/mol. The molecule has 192 valence electrons. The van der Waals surface area contributed by atoms with Gasteiger partial charge in [-0.05, 0) is 61.4 Å². The number of urea groups is 1. The van der Waals surface area contributed by atoms with Gasteiger partial charge in [0.2, 0.25) is 0 Å². The maximum absolute atomic E-state index is 13.7. The number of carbonyl (C=O) groups excluding carboxylic acids is 2. The Morgan fingerprint density at radius 1 is 1.03 bits per heavy atom. The Kier molecular flexibility index (Phi) is 7.27. The summed E-state index contributed by atoms with van der Waals surface area (Å²) in [6.07, 6.45) is -5.59. The highest BCUT2D eigenvalue weighted by molar-refractivity contribution is 6.30. The van der Waals surface area contributed by atoms with Crippen LogP contribution in [0.2, 0.25) is 5.02 Å². The van der Waals surface area contributed by atoms with Gasteiger partial charge in [-0.2, -0.15) is 23.2 Å². The van der Waals surface area contributed by atoms with Crippen LogP contribution in [0, 0.1) is 0 Å². The van der Waals surface area contributed by atoms with Gasteiger partial charge < -0.3 is 4.74 Å². The Balaban J connectivity index is 1.76. The van der Waals surface area contributed by atoms with Gasteiger partial charge in [0, 0.05) is 5.02 Å². The van der Waals surface area contributed by atoms with Crippen molar-refractivity contribution < 1.29 is 27.5 Å². The summed E-state index contributed by atoms with van der Waals surface area (Å²) in [6, 6.07) is 19.3. The van der Waals surface area contributed by atoms with Crippen molar-refractivity contribution in [2.45, 2.75) is 25.4 Å². The lowest BCUT2D eigenvalue weighted by Crippen LogP contribution is -2.46. The van der Waals surface area contributed by atoms with E-state index in [0.717, 1.165) is 40.4 Å². The molecule has 0 radical (unpaired) electrons. The monoisotopic (exact) mass is 529 g/mol. The molecule has 3 aromatic carbocycles. The topological polar surface area (TPSA) is 62.2 Å². The molecule has 0 saturated heterocycles. The van der Waals surface area contributed by atoms with E-state index in [4.69, 9.17) is 16.3 Å². The van der Waals surface area contributed by atoms with Crippen molar-refractivity contribution in [1.82, 2.24) is 5.01 Å². The van der Waals surface area contributed by atoms with Crippen molar-refractivity contribution >= 4 is 35.1 Å². The molecule has 10 heteroatoms. The van der Waals surface area contributed by atoms with Crippen molar-refractivity contribution in [3.63, 3.8) is 0 Å². The molecule has 1 atom stereocenters. The van der Waals surface area contributed by atoms with E-state index in [1.54, 1.807) is 31.2 Å². The summed E-state index contributed by atoms with van der Waals surface area (Å²) >= 11 is 6.07. The number of hydrazone groups is 1. The Hall–Kier alpha value is -3.85. The molecule has 1 aliphatic rings. The number of rotatable bonds is 4. The quantitative estimate of drug-likeness (QED) is 0.361. The minimum atomic E-state index is -4.57. The van der Waals surface area contributed by atoms with Gasteiger partial charge in [-0.25, -0.2) is 14.6 Å². The first-order valence-electron chi connectivity index (χ1n) is 11.4. The minimum Gasteiger partial charge on any atom is -0.449 e. The number of hydrogen-bond acceptors (Lipinski definition) is 4. The van der Waals surface area contributed by atoms with E-state index in [1.807, 2.05) is 37.3 Å². The molecule has 0 spiro atoms. The van der Waals surface area contributed by atoms with Crippen molar-refractivity contribution in [2.75, 3.05) is 18.1 Å². The summed E-state index contributed by atoms with van der Waals surface area (Å²) in [5, 5.41) is 6.26. The van der Waals surface area contributed by atoms with Crippen LogP contribution >= 0.6 is 11.6 Å². The van der Waals surface area contributed by atoms with E-state index in [-0.39, 0.29) is 18.8 Å². The number of anilines is 1. The lowest BCUT2D eigenvalue weighted by atomic mass is 9.76. The Bertz CT molecular complexity index is 1310. The van der Waals surface area contributed by atoms with Gasteiger partial charge in [0.05, 0.1) is 35.5 Å². The number of benzene rings is 3. The van der Waals surface area contributed by atoms with Crippen LogP contribution in [-0.4, -0.2) is 36.0 Å². The fourth-order valence-corrected chi connectivity index (χ4v) is 4.29. The fourth-order valence-electron chi connectivity index (χ4n) is 4.17. The smallest absolute Gasteiger partial charge is 0.422 e. The molecule has 0 fully saturated rings. The first-order chi connectivity index (χ1) is 17.5. The fraction of sp³-hybridized carbons (Fsp3) is 0.222. The van der Waals surface area contributed by atoms with Gasteiger partial charge in [-0.15, -0.1) is 0 Å². The third-order valence-corrected chi connectivity index (χ3v) is 6.31. The number of alkyl halides is 3. The van der Waals surface area contributed by atoms with Crippen LogP contribution in [0.4, 0.5) is 28.4 Å². The number of imide groups is 1. The zero-order valence-corrected chi connectivity index (χ0v) is 20.8. The number of halogens is 4. The van der Waals surface area contributed by atoms with Gasteiger partial charge in [0.15, 0.2) is 0 Å². The van der Waals surface area contributed by atoms with E-state index in [0.29, 0.717) is 15.6 Å². The van der Waals surface area contributed by atoms with E-state index in [9.17, 15) is 22.8 Å². The Labute approximate surface area is 216 Å². The number of amides is 3. The molecule has 3 amide bonds. The molecule has 1 unspecified atom stereocenters. The lowest BCUT2D eigenvalue weighted by molar-refractivity contribution is -0.137. The van der Waals surface area contributed by atoms with Crippen LogP contribution in [0.1, 0.15) is 30.5 Å². The van der Waals surface area contributed by atoms with Crippen molar-refractivity contribution in [1.29, 1.82) is 0 Å². The van der Waals surface area contributed by atoms with E-state index < -0.39 is 29.3 Å². The molecule has 1 heterocycles. The summed E-state index contributed by atoms with van der Waals surface area (Å²) in [6.45, 7) is 3.52. The summed E-state index contributed by atoms with van der Waals surface area (Å²) in [5.74, 6) is 0. The zero-order valence-electron chi connectivity index (χ0n) is 20.0. The molecular weight excluding hydrogens is 507 g/mol. The Morgan fingerprint density at radius 2 is 1.65 bits per heavy atom. The van der Waals surface area contributed by atoms with Crippen LogP contribution in [0.15, 0.2) is 84.0 Å². The molecule has 1 aliphatic heterocycles. The van der Waals surface area contributed by atoms with Crippen molar-refractivity contribution in [2.24, 2.45) is 5.10 Å². The zero-order chi connectivity index (χ0) is 26.8. The third-order valence-electron chi connectivity index (χ3n) is 6.05. The van der Waals surface area contributed by atoms with Gasteiger partial charge in [0.1, 0.15) is 0 Å². The van der Waals surface area contributed by atoms with Crippen LogP contribution in [-0.2, 0) is 16.3 Å². The second-order valence-electron chi connectivity index (χ2n) is 8.57. The first kappa shape index (κ1) is 26.2. The minimum absolute atomic E-state index is 0.0374. The van der Waals surface area contributed by atoms with Gasteiger partial charge >= 0.3 is 18.3 Å². The molecule has 37 heavy (non-hydrogen) atoms. The standard InChI is InChI=1S/C27H23ClF3N3O3/c1-3-37-25(36)34(22-15-11-20(12-16-22)27(29,30)31)24(35)33-17-26(2,19-7-5-4-6-8-19)23(32-33)18-9-13-21(28)14-10-18/h4-16H,3,17H2,1-2H3. The normalized spacial score (nSPS) is 17.4. The van der Waals surface area contributed by atoms with E-state index in [1.165, 1.54) is 0 Å². The number of ether oxygens (including phenoxy) is 1. The molecule has 0 saturated carbocycles. The largest absolute Gasteiger partial charge is 0.449 e. The van der Waals surface area contributed by atoms with E-state index >= 15 is 0 Å². The first-order valence-corrected chi connectivity index (χ1v) is 11.8. The third kappa shape index (κ3) is 5.32. The SMILES string of the molecule is CCOC(=O)N(C(=O)N1CC(C)(c2ccccc2)C(c2ccc(Cl)cc2)=N1)c1ccc(C(F)(F)F)cc1. The average Bonchev–Trinajstić information content (AvgIpc) is 3.24. The van der Waals surface area contributed by atoms with Gasteiger partial charge in [0.25, 0.3) is 0 Å². The van der Waals surface area contributed by atoms with Crippen LogP contribution in [0.25, 0.3) is 0 Å². The van der Waals surface area contributed by atoms with Crippen LogP contribution < -0.4 is 4.90 Å². The van der Waals surface area contributed by atoms with Crippen LogP contribution in [0.5, 0.6) is 0 Å². The highest BCUT2D eigenvalue weighted by Crippen LogP contribution is 2.37. The number of carbonyl (C=O) groups is 2. The average molecular weight is 530 g/mol. The van der Waals surface area contributed by atoms with Crippen LogP contribution in [0.3, 0.4) is 0 Å². The van der Waals surface area contributed by atoms with Crippen molar-refractivity contribution in [3.05, 3.63) is 101 Å². The van der Waals surface area contributed by atoms with Crippen molar-refractivity contribution in [3.8, 4) is 0 Å². The predicted octanol–water partition coefficient (Wildman–Crippen LogP) is 7.12. The maximum Gasteiger partial charge on any atom is 0.422 e. The molecule has 4 rings (SSSR count). The second kappa shape index (κ2) is 10.3. The van der Waals surface area contributed by atoms with E-state index in [2.05, 4.69) is 5.10 Å². The molecule has 6 nitrogen and oxygen atoms in total. The molecule has 3 aromatic rings. The Morgan fingerprint density at radius 3 is 2.22 bits per heavy atom. The molecule has 0 aliphatic carbocycles. The summed E-state index contributed by atoms with van der Waals surface area (Å²) in [7, 11) is 0. The summed E-state index contributed by atoms with van der Waals surface area (Å²) in [4.78, 5) is 27.2. The number of nitrogens with zero attached hydrogens (tertiary/aromatic N) is 3. The highest BCUT2D eigenvalue weighted by atomic mass is 35.5. The lowest BCUT2D eigenvalue weighted by Gasteiger charge is -2.28. The molecule has 0 N–H and O–H groups in total. The van der Waals surface area contributed by atoms with Gasteiger partial charge in [-0.1, -0.05) is 54.1 Å². The summed E-state index contributed by atoms with van der Waals surface area (Å²) in [5.41, 5.74) is 0.436. The molecular formula is C27H23ClF3N3O3. The second-order valence-corrected chi connectivity index (χ2v) is 9.01. The molecule has 0 bridgehead atoms. The van der Waals surface area contributed by atoms with Gasteiger partial charge in [-0.3, -0.25) is 0 Å².